The van der Waals surface area contributed by atoms with E-state index in [1.807, 2.05) is 0 Å². The molecule has 0 fully saturated rings. The Hall–Kier alpha value is -2.11. The fraction of sp³-hybridized carbons (Fsp3) is 0.125. The molecule has 1 rings (SSSR count). The van der Waals surface area contributed by atoms with Crippen molar-refractivity contribution in [3.8, 4) is 5.75 Å². The number of aliphatic carboxylic acids is 1. The molecule has 0 aliphatic heterocycles. The Morgan fingerprint density at radius 2 is 1.86 bits per heavy atom. The van der Waals surface area contributed by atoms with Crippen LogP contribution in [0.4, 0.5) is 0 Å². The first-order valence-electron chi connectivity index (χ1n) is 3.59. The van der Waals surface area contributed by atoms with Gasteiger partial charge in [-0.15, -0.1) is 10.1 Å². The summed E-state index contributed by atoms with van der Waals surface area (Å²) in [6, 6.07) is 8.12. The van der Waals surface area contributed by atoms with Gasteiger partial charge in [-0.1, -0.05) is 18.2 Å². The minimum Gasteiger partial charge on any atom is -0.481 e. The van der Waals surface area contributed by atoms with Crippen LogP contribution in [0, 0.1) is 10.1 Å². The Morgan fingerprint density at radius 1 is 1.43 bits per heavy atom. The highest BCUT2D eigenvalue weighted by molar-refractivity contribution is 5.62. The molecule has 0 heterocycles. The molecule has 0 aliphatic rings. The Kier molecular flexibility index (Phi) is 5.44. The molecule has 0 spiro atoms. The lowest BCUT2D eigenvalue weighted by Crippen LogP contribution is -2.02. The first-order chi connectivity index (χ1) is 6.52. The molecule has 6 nitrogen and oxygen atoms in total. The van der Waals surface area contributed by atoms with Crippen LogP contribution in [0.1, 0.15) is 6.92 Å². The average molecular weight is 199 g/mol. The van der Waals surface area contributed by atoms with Gasteiger partial charge in [-0.05, 0) is 12.1 Å². The quantitative estimate of drug-likeness (QED) is 0.573. The van der Waals surface area contributed by atoms with E-state index in [0.717, 1.165) is 6.92 Å². The molecular weight excluding hydrogens is 190 g/mol. The van der Waals surface area contributed by atoms with Gasteiger partial charge in [0.2, 0.25) is 0 Å². The van der Waals surface area contributed by atoms with Crippen LogP contribution < -0.4 is 4.84 Å². The topological polar surface area (TPSA) is 89.7 Å². The Morgan fingerprint density at radius 3 is 2.21 bits per heavy atom. The minimum absolute atomic E-state index is 0.243. The zero-order valence-electron chi connectivity index (χ0n) is 7.41. The summed E-state index contributed by atoms with van der Waals surface area (Å²) in [7, 11) is 0. The van der Waals surface area contributed by atoms with E-state index >= 15 is 0 Å². The zero-order valence-corrected chi connectivity index (χ0v) is 7.41. The summed E-state index contributed by atoms with van der Waals surface area (Å²) >= 11 is 0. The largest absolute Gasteiger partial charge is 0.481 e. The fourth-order valence-electron chi connectivity index (χ4n) is 0.567. The summed E-state index contributed by atoms with van der Waals surface area (Å²) < 4.78 is 0. The summed E-state index contributed by atoms with van der Waals surface area (Å²) in [6.07, 6.45) is 0. The predicted octanol–water partition coefficient (Wildman–Crippen LogP) is 1.35. The van der Waals surface area contributed by atoms with Gasteiger partial charge in [0.05, 0.1) is 0 Å². The molecule has 76 valence electrons. The molecule has 0 saturated carbocycles. The van der Waals surface area contributed by atoms with E-state index < -0.39 is 11.1 Å². The Labute approximate surface area is 79.8 Å². The number of carboxylic acid groups (broad SMARTS) is 1. The summed E-state index contributed by atoms with van der Waals surface area (Å²) in [6.45, 7) is 1.08. The van der Waals surface area contributed by atoms with Crippen molar-refractivity contribution in [2.24, 2.45) is 0 Å². The van der Waals surface area contributed by atoms with Gasteiger partial charge in [0.1, 0.15) is 5.75 Å². The third-order valence-corrected chi connectivity index (χ3v) is 0.923. The van der Waals surface area contributed by atoms with Crippen molar-refractivity contribution in [1.29, 1.82) is 0 Å². The van der Waals surface area contributed by atoms with Gasteiger partial charge in [0.15, 0.2) is 0 Å². The SMILES string of the molecule is CC(=O)O.O=[N+]([O-])Oc1ccccc1. The van der Waals surface area contributed by atoms with Gasteiger partial charge < -0.3 is 5.11 Å². The van der Waals surface area contributed by atoms with E-state index in [0.29, 0.717) is 0 Å². The molecule has 14 heavy (non-hydrogen) atoms. The van der Waals surface area contributed by atoms with Crippen LogP contribution in [-0.4, -0.2) is 16.2 Å². The maximum absolute atomic E-state index is 9.75. The van der Waals surface area contributed by atoms with E-state index in [-0.39, 0.29) is 5.75 Å². The van der Waals surface area contributed by atoms with Crippen molar-refractivity contribution in [2.45, 2.75) is 6.92 Å². The average Bonchev–Trinajstić information content (AvgIpc) is 2.03. The van der Waals surface area contributed by atoms with Crippen LogP contribution >= 0.6 is 0 Å². The normalized spacial score (nSPS) is 8.07. The summed E-state index contributed by atoms with van der Waals surface area (Å²) in [5, 5.41) is 16.3. The van der Waals surface area contributed by atoms with Crippen molar-refractivity contribution in [3.63, 3.8) is 0 Å². The number of carboxylic acids is 1. The van der Waals surface area contributed by atoms with Crippen LogP contribution in [0.15, 0.2) is 30.3 Å². The van der Waals surface area contributed by atoms with Crippen LogP contribution in [0.25, 0.3) is 0 Å². The molecule has 0 atom stereocenters. The van der Waals surface area contributed by atoms with E-state index in [1.165, 1.54) is 12.1 Å². The first-order valence-corrected chi connectivity index (χ1v) is 3.59. The van der Waals surface area contributed by atoms with Crippen molar-refractivity contribution >= 4 is 5.97 Å². The molecule has 1 N–H and O–H groups in total. The van der Waals surface area contributed by atoms with Crippen molar-refractivity contribution in [2.75, 3.05) is 0 Å². The van der Waals surface area contributed by atoms with E-state index in [9.17, 15) is 10.1 Å². The maximum Gasteiger partial charge on any atom is 0.300 e. The molecule has 0 radical (unpaired) electrons. The summed E-state index contributed by atoms with van der Waals surface area (Å²) in [5.41, 5.74) is 0. The smallest absolute Gasteiger partial charge is 0.300 e. The number of hydrogen-bond donors (Lipinski definition) is 1. The highest BCUT2D eigenvalue weighted by atomic mass is 17.0. The molecule has 1 aromatic carbocycles. The molecule has 6 heteroatoms. The second-order valence-corrected chi connectivity index (χ2v) is 2.15. The Bertz CT molecular complexity index is 294. The van der Waals surface area contributed by atoms with Gasteiger partial charge >= 0.3 is 0 Å². The van der Waals surface area contributed by atoms with Gasteiger partial charge in [-0.25, -0.2) is 0 Å². The maximum atomic E-state index is 9.75. The minimum atomic E-state index is -0.838. The third-order valence-electron chi connectivity index (χ3n) is 0.923. The zero-order chi connectivity index (χ0) is 11.0. The molecule has 0 aromatic heterocycles. The number of carbonyl (C=O) groups is 1. The van der Waals surface area contributed by atoms with Crippen LogP contribution in [0.3, 0.4) is 0 Å². The van der Waals surface area contributed by atoms with Crippen LogP contribution in [0.2, 0.25) is 0 Å². The molecule has 1 aromatic rings. The predicted molar refractivity (Wildman–Crippen MR) is 47.4 cm³/mol. The first kappa shape index (κ1) is 11.9. The fourth-order valence-corrected chi connectivity index (χ4v) is 0.567. The van der Waals surface area contributed by atoms with Crippen LogP contribution in [-0.2, 0) is 4.79 Å². The molecule has 0 bridgehead atoms. The van der Waals surface area contributed by atoms with Crippen LogP contribution in [0.5, 0.6) is 5.75 Å². The number of rotatable bonds is 2. The van der Waals surface area contributed by atoms with E-state index in [2.05, 4.69) is 4.84 Å². The second kappa shape index (κ2) is 6.41. The monoisotopic (exact) mass is 199 g/mol. The van der Waals surface area contributed by atoms with Crippen molar-refractivity contribution < 1.29 is 19.8 Å². The molecule has 0 unspecified atom stereocenters. The lowest BCUT2D eigenvalue weighted by atomic mass is 10.3. The van der Waals surface area contributed by atoms with Crippen molar-refractivity contribution in [3.05, 3.63) is 40.4 Å². The lowest BCUT2D eigenvalue weighted by molar-refractivity contribution is -0.711. The van der Waals surface area contributed by atoms with Gasteiger partial charge in [-0.2, -0.15) is 0 Å². The highest BCUT2D eigenvalue weighted by Crippen LogP contribution is 2.07. The van der Waals surface area contributed by atoms with Crippen molar-refractivity contribution in [1.82, 2.24) is 0 Å². The molecule has 0 saturated heterocycles. The van der Waals surface area contributed by atoms with E-state index in [4.69, 9.17) is 9.90 Å². The number of para-hydroxylation sites is 1. The number of nitrogens with zero attached hydrogens (tertiary/aromatic N) is 1. The third kappa shape index (κ3) is 7.99. The second-order valence-electron chi connectivity index (χ2n) is 2.15. The molecular formula is C8H9NO5. The summed E-state index contributed by atoms with van der Waals surface area (Å²) in [5.74, 6) is -0.590. The molecule has 0 aliphatic carbocycles. The molecule has 0 amide bonds. The van der Waals surface area contributed by atoms with Gasteiger partial charge in [0.25, 0.3) is 11.1 Å². The lowest BCUT2D eigenvalue weighted by Gasteiger charge is -1.93. The number of benzene rings is 1. The standard InChI is InChI=1S/C6H5NO3.C2H4O2/c8-7(9)10-6-4-2-1-3-5-6;1-2(3)4/h1-5H;1H3,(H,3,4). The van der Waals surface area contributed by atoms with Gasteiger partial charge in [0, 0.05) is 6.92 Å². The van der Waals surface area contributed by atoms with E-state index in [1.54, 1.807) is 18.2 Å². The Balaban J connectivity index is 0.000000364. The number of hydrogen-bond acceptors (Lipinski definition) is 4. The van der Waals surface area contributed by atoms with Gasteiger partial charge in [-0.3, -0.25) is 9.63 Å². The highest BCUT2D eigenvalue weighted by Gasteiger charge is 1.94. The summed E-state index contributed by atoms with van der Waals surface area (Å²) in [4.78, 5) is 22.9.